The molecule has 2 amide bonds. The molecule has 2 aromatic carbocycles. The van der Waals surface area contributed by atoms with Gasteiger partial charge in [-0.2, -0.15) is 0 Å². The SMILES string of the molecule is O=C(COC(=O)CNC(=O)c1ccc(Cl)cc1)Nc1c(F)cccc1F. The predicted octanol–water partition coefficient (Wildman–Crippen LogP) is 2.53. The van der Waals surface area contributed by atoms with Gasteiger partial charge in [-0.05, 0) is 36.4 Å². The van der Waals surface area contributed by atoms with E-state index in [2.05, 4.69) is 10.1 Å². The second kappa shape index (κ2) is 8.91. The van der Waals surface area contributed by atoms with E-state index in [4.69, 9.17) is 11.6 Å². The van der Waals surface area contributed by atoms with Gasteiger partial charge < -0.3 is 15.4 Å². The second-order valence-corrected chi connectivity index (χ2v) is 5.43. The van der Waals surface area contributed by atoms with Crippen LogP contribution in [0.15, 0.2) is 42.5 Å². The number of nitrogens with one attached hydrogen (secondary N) is 2. The third-order valence-corrected chi connectivity index (χ3v) is 3.34. The quantitative estimate of drug-likeness (QED) is 0.752. The number of carbonyl (C=O) groups excluding carboxylic acids is 3. The van der Waals surface area contributed by atoms with E-state index in [1.165, 1.54) is 24.3 Å². The largest absolute Gasteiger partial charge is 0.454 e. The number of halogens is 3. The number of para-hydroxylation sites is 1. The molecule has 2 rings (SSSR count). The Labute approximate surface area is 152 Å². The first-order valence-corrected chi connectivity index (χ1v) is 7.68. The molecule has 0 spiro atoms. The maximum atomic E-state index is 13.4. The summed E-state index contributed by atoms with van der Waals surface area (Å²) in [7, 11) is 0. The number of benzene rings is 2. The van der Waals surface area contributed by atoms with Gasteiger partial charge in [-0.25, -0.2) is 8.78 Å². The van der Waals surface area contributed by atoms with Gasteiger partial charge in [-0.3, -0.25) is 14.4 Å². The number of anilines is 1. The molecule has 2 aromatic rings. The lowest BCUT2D eigenvalue weighted by molar-refractivity contribution is -0.146. The Morgan fingerprint density at radius 1 is 1.00 bits per heavy atom. The summed E-state index contributed by atoms with van der Waals surface area (Å²) in [5.74, 6) is -4.26. The van der Waals surface area contributed by atoms with Gasteiger partial charge in [0.1, 0.15) is 23.9 Å². The molecule has 2 N–H and O–H groups in total. The van der Waals surface area contributed by atoms with Crippen LogP contribution in [0.1, 0.15) is 10.4 Å². The lowest BCUT2D eigenvalue weighted by Gasteiger charge is -2.09. The van der Waals surface area contributed by atoms with Crippen LogP contribution in [0.2, 0.25) is 5.02 Å². The van der Waals surface area contributed by atoms with Crippen molar-refractivity contribution in [3.05, 3.63) is 64.7 Å². The zero-order valence-electron chi connectivity index (χ0n) is 13.2. The fourth-order valence-corrected chi connectivity index (χ4v) is 1.97. The van der Waals surface area contributed by atoms with Crippen molar-refractivity contribution in [3.63, 3.8) is 0 Å². The number of esters is 1. The molecule has 0 unspecified atom stereocenters. The average molecular weight is 383 g/mol. The van der Waals surface area contributed by atoms with E-state index in [1.54, 1.807) is 0 Å². The Morgan fingerprint density at radius 3 is 2.23 bits per heavy atom. The van der Waals surface area contributed by atoms with Crippen LogP contribution in [-0.2, 0) is 14.3 Å². The van der Waals surface area contributed by atoms with Crippen molar-refractivity contribution < 1.29 is 27.9 Å². The third-order valence-electron chi connectivity index (χ3n) is 3.09. The van der Waals surface area contributed by atoms with Crippen LogP contribution >= 0.6 is 11.6 Å². The molecule has 0 radical (unpaired) electrons. The molecule has 6 nitrogen and oxygen atoms in total. The van der Waals surface area contributed by atoms with Gasteiger partial charge in [0.15, 0.2) is 6.61 Å². The van der Waals surface area contributed by atoms with E-state index in [0.717, 1.165) is 18.2 Å². The Bertz CT molecular complexity index is 808. The van der Waals surface area contributed by atoms with Gasteiger partial charge in [0.05, 0.1) is 0 Å². The maximum absolute atomic E-state index is 13.4. The minimum atomic E-state index is -0.958. The second-order valence-electron chi connectivity index (χ2n) is 5.00. The molecule has 9 heteroatoms. The predicted molar refractivity (Wildman–Crippen MR) is 89.7 cm³/mol. The van der Waals surface area contributed by atoms with Crippen LogP contribution in [0.25, 0.3) is 0 Å². The summed E-state index contributed by atoms with van der Waals surface area (Å²) in [5.41, 5.74) is -0.348. The van der Waals surface area contributed by atoms with E-state index < -0.39 is 48.3 Å². The summed E-state index contributed by atoms with van der Waals surface area (Å²) in [5, 5.41) is 4.72. The lowest BCUT2D eigenvalue weighted by Crippen LogP contribution is -2.32. The molecule has 0 saturated carbocycles. The number of ether oxygens (including phenoxy) is 1. The van der Waals surface area contributed by atoms with E-state index >= 15 is 0 Å². The summed E-state index contributed by atoms with van der Waals surface area (Å²) in [6.45, 7) is -1.24. The Kier molecular flexibility index (Phi) is 6.62. The summed E-state index contributed by atoms with van der Waals surface area (Å²) in [4.78, 5) is 34.9. The summed E-state index contributed by atoms with van der Waals surface area (Å²) < 4.78 is 31.4. The van der Waals surface area contributed by atoms with Crippen molar-refractivity contribution in [2.24, 2.45) is 0 Å². The van der Waals surface area contributed by atoms with Gasteiger partial charge in [0.25, 0.3) is 11.8 Å². The molecule has 26 heavy (non-hydrogen) atoms. The van der Waals surface area contributed by atoms with Crippen LogP contribution in [0, 0.1) is 11.6 Å². The minimum absolute atomic E-state index is 0.287. The Balaban J connectivity index is 1.77. The molecule has 0 fully saturated rings. The van der Waals surface area contributed by atoms with Crippen molar-refractivity contribution in [1.82, 2.24) is 5.32 Å². The smallest absolute Gasteiger partial charge is 0.325 e. The number of hydrogen-bond donors (Lipinski definition) is 2. The summed E-state index contributed by atoms with van der Waals surface area (Å²) in [6.07, 6.45) is 0. The highest BCUT2D eigenvalue weighted by atomic mass is 35.5. The maximum Gasteiger partial charge on any atom is 0.325 e. The Hall–Kier alpha value is -3.00. The molecular formula is C17H13ClF2N2O4. The molecule has 136 valence electrons. The lowest BCUT2D eigenvalue weighted by atomic mass is 10.2. The molecule has 0 saturated heterocycles. The van der Waals surface area contributed by atoms with Gasteiger partial charge in [-0.15, -0.1) is 0 Å². The highest BCUT2D eigenvalue weighted by Gasteiger charge is 2.14. The standard InChI is InChI=1S/C17H13ClF2N2O4/c18-11-6-4-10(5-7-11)17(25)21-8-15(24)26-9-14(23)22-16-12(19)2-1-3-13(16)20/h1-7H,8-9H2,(H,21,25)(H,22,23). The first-order valence-electron chi connectivity index (χ1n) is 7.30. The van der Waals surface area contributed by atoms with Crippen LogP contribution in [0.4, 0.5) is 14.5 Å². The third kappa shape index (κ3) is 5.52. The first kappa shape index (κ1) is 19.3. The zero-order valence-corrected chi connectivity index (χ0v) is 14.0. The van der Waals surface area contributed by atoms with Crippen LogP contribution < -0.4 is 10.6 Å². The number of hydrogen-bond acceptors (Lipinski definition) is 4. The normalized spacial score (nSPS) is 10.1. The molecule has 0 aliphatic rings. The van der Waals surface area contributed by atoms with Crippen LogP contribution in [0.3, 0.4) is 0 Å². The van der Waals surface area contributed by atoms with Crippen LogP contribution in [-0.4, -0.2) is 30.9 Å². The molecule has 0 heterocycles. The molecule has 0 bridgehead atoms. The molecule has 0 aliphatic carbocycles. The van der Waals surface area contributed by atoms with Crippen LogP contribution in [0.5, 0.6) is 0 Å². The van der Waals surface area contributed by atoms with Crippen molar-refractivity contribution in [1.29, 1.82) is 0 Å². The fourth-order valence-electron chi connectivity index (χ4n) is 1.85. The molecular weight excluding hydrogens is 370 g/mol. The molecule has 0 aliphatic heterocycles. The molecule has 0 aromatic heterocycles. The van der Waals surface area contributed by atoms with E-state index in [0.29, 0.717) is 5.02 Å². The van der Waals surface area contributed by atoms with Gasteiger partial charge in [-0.1, -0.05) is 17.7 Å². The van der Waals surface area contributed by atoms with E-state index in [9.17, 15) is 23.2 Å². The van der Waals surface area contributed by atoms with Crippen molar-refractivity contribution in [2.45, 2.75) is 0 Å². The molecule has 0 atom stereocenters. The average Bonchev–Trinajstić information content (AvgIpc) is 2.61. The topological polar surface area (TPSA) is 84.5 Å². The van der Waals surface area contributed by atoms with Gasteiger partial charge in [0.2, 0.25) is 0 Å². The highest BCUT2D eigenvalue weighted by molar-refractivity contribution is 6.30. The number of amides is 2. The minimum Gasteiger partial charge on any atom is -0.454 e. The monoisotopic (exact) mass is 382 g/mol. The van der Waals surface area contributed by atoms with E-state index in [-0.39, 0.29) is 5.56 Å². The summed E-state index contributed by atoms with van der Waals surface area (Å²) >= 11 is 5.70. The van der Waals surface area contributed by atoms with Gasteiger partial charge >= 0.3 is 5.97 Å². The highest BCUT2D eigenvalue weighted by Crippen LogP contribution is 2.17. The van der Waals surface area contributed by atoms with Crippen molar-refractivity contribution in [2.75, 3.05) is 18.5 Å². The number of carbonyl (C=O) groups is 3. The van der Waals surface area contributed by atoms with Crippen molar-refractivity contribution in [3.8, 4) is 0 Å². The number of rotatable bonds is 6. The fraction of sp³-hybridized carbons (Fsp3) is 0.118. The van der Waals surface area contributed by atoms with Crippen molar-refractivity contribution >= 4 is 35.1 Å². The first-order chi connectivity index (χ1) is 12.4. The summed E-state index contributed by atoms with van der Waals surface area (Å²) in [6, 6.07) is 9.05. The van der Waals surface area contributed by atoms with Gasteiger partial charge in [0, 0.05) is 10.6 Å². The Morgan fingerprint density at radius 2 is 1.62 bits per heavy atom. The van der Waals surface area contributed by atoms with E-state index in [1.807, 2.05) is 5.32 Å². The zero-order chi connectivity index (χ0) is 19.1.